The molecule has 0 spiro atoms. The molecular formula is C16H17FN2OS. The number of anilines is 1. The van der Waals surface area contributed by atoms with Crippen molar-refractivity contribution in [1.29, 1.82) is 0 Å². The molecule has 1 N–H and O–H groups in total. The van der Waals surface area contributed by atoms with Crippen molar-refractivity contribution in [2.24, 2.45) is 0 Å². The van der Waals surface area contributed by atoms with E-state index in [0.717, 1.165) is 36.8 Å². The highest BCUT2D eigenvalue weighted by Gasteiger charge is 2.18. The first-order valence-corrected chi connectivity index (χ1v) is 7.70. The van der Waals surface area contributed by atoms with Crippen LogP contribution < -0.4 is 4.90 Å². The third-order valence-electron chi connectivity index (χ3n) is 3.50. The van der Waals surface area contributed by atoms with Crippen LogP contribution >= 0.6 is 11.9 Å². The Hall–Kier alpha value is -1.72. The molecule has 3 nitrogen and oxygen atoms in total. The van der Waals surface area contributed by atoms with E-state index in [4.69, 9.17) is 0 Å². The summed E-state index contributed by atoms with van der Waals surface area (Å²) >= 11 is 1.71. The summed E-state index contributed by atoms with van der Waals surface area (Å²) in [4.78, 5) is 3.40. The van der Waals surface area contributed by atoms with Crippen LogP contribution in [0.4, 0.5) is 10.1 Å². The van der Waals surface area contributed by atoms with Crippen LogP contribution in [0.3, 0.4) is 0 Å². The topological polar surface area (TPSA) is 26.7 Å². The number of piperazine rings is 1. The summed E-state index contributed by atoms with van der Waals surface area (Å²) in [5.41, 5.74) is 1.07. The maximum Gasteiger partial charge on any atom is 0.123 e. The number of hydrogen-bond donors (Lipinski definition) is 1. The summed E-state index contributed by atoms with van der Waals surface area (Å²) < 4.78 is 15.3. The van der Waals surface area contributed by atoms with Gasteiger partial charge in [-0.1, -0.05) is 0 Å². The fraction of sp³-hybridized carbons (Fsp3) is 0.250. The number of rotatable bonds is 3. The van der Waals surface area contributed by atoms with Crippen LogP contribution in [0.25, 0.3) is 0 Å². The number of nitrogens with zero attached hydrogens (tertiary/aromatic N) is 2. The zero-order chi connectivity index (χ0) is 14.7. The van der Waals surface area contributed by atoms with Crippen molar-refractivity contribution >= 4 is 17.6 Å². The van der Waals surface area contributed by atoms with Gasteiger partial charge in [0.25, 0.3) is 0 Å². The van der Waals surface area contributed by atoms with E-state index in [1.165, 1.54) is 12.1 Å². The predicted molar refractivity (Wildman–Crippen MR) is 84.1 cm³/mol. The van der Waals surface area contributed by atoms with Crippen molar-refractivity contribution in [2.45, 2.75) is 4.90 Å². The molecule has 0 aromatic heterocycles. The van der Waals surface area contributed by atoms with Crippen molar-refractivity contribution in [3.8, 4) is 5.75 Å². The smallest absolute Gasteiger partial charge is 0.123 e. The zero-order valence-corrected chi connectivity index (χ0v) is 12.4. The lowest BCUT2D eigenvalue weighted by molar-refractivity contribution is 0.429. The van der Waals surface area contributed by atoms with E-state index in [2.05, 4.69) is 9.21 Å². The van der Waals surface area contributed by atoms with E-state index in [1.807, 2.05) is 24.3 Å². The average Bonchev–Trinajstić information content (AvgIpc) is 2.51. The highest BCUT2D eigenvalue weighted by atomic mass is 32.2. The Morgan fingerprint density at radius 1 is 0.857 bits per heavy atom. The zero-order valence-electron chi connectivity index (χ0n) is 11.6. The van der Waals surface area contributed by atoms with Crippen molar-refractivity contribution in [3.05, 3.63) is 54.3 Å². The number of phenols is 1. The Morgan fingerprint density at radius 3 is 2.10 bits per heavy atom. The molecule has 1 aliphatic rings. The van der Waals surface area contributed by atoms with Gasteiger partial charge in [-0.3, -0.25) is 0 Å². The van der Waals surface area contributed by atoms with Crippen molar-refractivity contribution in [3.63, 3.8) is 0 Å². The van der Waals surface area contributed by atoms with Gasteiger partial charge in [-0.05, 0) is 60.5 Å². The molecule has 0 bridgehead atoms. The molecule has 0 atom stereocenters. The van der Waals surface area contributed by atoms with E-state index < -0.39 is 0 Å². The SMILES string of the molecule is Oc1ccc(SN2CCN(c3ccc(F)cc3)CC2)cc1. The van der Waals surface area contributed by atoms with Crippen molar-refractivity contribution in [2.75, 3.05) is 31.1 Å². The standard InChI is InChI=1S/C16H17FN2OS/c17-13-1-3-14(4-2-13)18-9-11-19(12-10-18)21-16-7-5-15(20)6-8-16/h1-8,20H,9-12H2. The Labute approximate surface area is 128 Å². The van der Waals surface area contributed by atoms with E-state index in [1.54, 1.807) is 24.1 Å². The maximum absolute atomic E-state index is 12.9. The molecule has 0 radical (unpaired) electrons. The summed E-state index contributed by atoms with van der Waals surface area (Å²) in [7, 11) is 0. The van der Waals surface area contributed by atoms with Gasteiger partial charge in [-0.2, -0.15) is 0 Å². The van der Waals surface area contributed by atoms with Crippen molar-refractivity contribution < 1.29 is 9.50 Å². The van der Waals surface area contributed by atoms with Gasteiger partial charge in [0.1, 0.15) is 11.6 Å². The lowest BCUT2D eigenvalue weighted by atomic mass is 10.2. The van der Waals surface area contributed by atoms with Gasteiger partial charge < -0.3 is 10.0 Å². The molecule has 5 heteroatoms. The Bertz CT molecular complexity index is 580. The molecule has 2 aromatic carbocycles. The van der Waals surface area contributed by atoms with Crippen LogP contribution in [-0.2, 0) is 0 Å². The largest absolute Gasteiger partial charge is 0.508 e. The second kappa shape index (κ2) is 6.37. The first kappa shape index (κ1) is 14.2. The summed E-state index contributed by atoms with van der Waals surface area (Å²) in [6.45, 7) is 3.75. The fourth-order valence-electron chi connectivity index (χ4n) is 2.35. The highest BCUT2D eigenvalue weighted by Crippen LogP contribution is 2.26. The first-order chi connectivity index (χ1) is 10.2. The molecule has 0 unspecified atom stereocenters. The third-order valence-corrected chi connectivity index (χ3v) is 4.61. The van der Waals surface area contributed by atoms with Crippen LogP contribution in [0, 0.1) is 5.82 Å². The molecule has 0 saturated carbocycles. The predicted octanol–water partition coefficient (Wildman–Crippen LogP) is 3.36. The minimum Gasteiger partial charge on any atom is -0.508 e. The van der Waals surface area contributed by atoms with Gasteiger partial charge in [0.05, 0.1) is 0 Å². The molecule has 110 valence electrons. The molecule has 2 aromatic rings. The highest BCUT2D eigenvalue weighted by molar-refractivity contribution is 7.97. The minimum absolute atomic E-state index is 0.194. The van der Waals surface area contributed by atoms with Crippen LogP contribution in [0.2, 0.25) is 0 Å². The lowest BCUT2D eigenvalue weighted by Crippen LogP contribution is -2.43. The number of halogens is 1. The van der Waals surface area contributed by atoms with Gasteiger partial charge in [0.15, 0.2) is 0 Å². The lowest BCUT2D eigenvalue weighted by Gasteiger charge is -2.35. The number of aromatic hydroxyl groups is 1. The molecule has 1 heterocycles. The molecule has 1 fully saturated rings. The summed E-state index contributed by atoms with van der Waals surface area (Å²) in [5.74, 6) is 0.0979. The Morgan fingerprint density at radius 2 is 1.48 bits per heavy atom. The molecule has 1 saturated heterocycles. The maximum atomic E-state index is 12.9. The Balaban J connectivity index is 1.55. The number of benzene rings is 2. The van der Waals surface area contributed by atoms with Crippen LogP contribution in [0.1, 0.15) is 0 Å². The molecule has 0 aliphatic carbocycles. The second-order valence-corrected chi connectivity index (χ2v) is 6.15. The van der Waals surface area contributed by atoms with Gasteiger partial charge in [0, 0.05) is 36.8 Å². The van der Waals surface area contributed by atoms with E-state index in [-0.39, 0.29) is 5.82 Å². The van der Waals surface area contributed by atoms with Crippen molar-refractivity contribution in [1.82, 2.24) is 4.31 Å². The Kier molecular flexibility index (Phi) is 4.31. The van der Waals surface area contributed by atoms with Crippen LogP contribution in [-0.4, -0.2) is 35.6 Å². The minimum atomic E-state index is -0.194. The summed E-state index contributed by atoms with van der Waals surface area (Å²) in [6.07, 6.45) is 0. The van der Waals surface area contributed by atoms with Crippen LogP contribution in [0.15, 0.2) is 53.4 Å². The molecular weight excluding hydrogens is 287 g/mol. The quantitative estimate of drug-likeness (QED) is 0.880. The number of phenolic OH excluding ortho intramolecular Hbond substituents is 1. The van der Waals surface area contributed by atoms with Gasteiger partial charge in [-0.25, -0.2) is 8.70 Å². The average molecular weight is 304 g/mol. The first-order valence-electron chi connectivity index (χ1n) is 6.93. The normalized spacial score (nSPS) is 16.1. The van der Waals surface area contributed by atoms with Crippen LogP contribution in [0.5, 0.6) is 5.75 Å². The monoisotopic (exact) mass is 304 g/mol. The molecule has 0 amide bonds. The van der Waals surface area contributed by atoms with Gasteiger partial charge in [-0.15, -0.1) is 0 Å². The third kappa shape index (κ3) is 3.68. The van der Waals surface area contributed by atoms with Gasteiger partial charge >= 0.3 is 0 Å². The summed E-state index contributed by atoms with van der Waals surface area (Å²) in [6, 6.07) is 13.9. The van der Waals surface area contributed by atoms with E-state index >= 15 is 0 Å². The van der Waals surface area contributed by atoms with E-state index in [0.29, 0.717) is 5.75 Å². The molecule has 1 aliphatic heterocycles. The summed E-state index contributed by atoms with van der Waals surface area (Å²) in [5, 5.41) is 9.29. The van der Waals surface area contributed by atoms with E-state index in [9.17, 15) is 9.50 Å². The number of hydrogen-bond acceptors (Lipinski definition) is 4. The van der Waals surface area contributed by atoms with Gasteiger partial charge in [0.2, 0.25) is 0 Å². The molecule has 21 heavy (non-hydrogen) atoms. The fourth-order valence-corrected chi connectivity index (χ4v) is 3.25. The molecule has 3 rings (SSSR count). The second-order valence-electron chi connectivity index (χ2n) is 4.98.